The van der Waals surface area contributed by atoms with Crippen LogP contribution in [0, 0.1) is 0 Å². The van der Waals surface area contributed by atoms with Crippen molar-refractivity contribution in [3.8, 4) is 0 Å². The summed E-state index contributed by atoms with van der Waals surface area (Å²) in [6.45, 7) is 1.96. The van der Waals surface area contributed by atoms with Crippen molar-refractivity contribution in [3.63, 3.8) is 0 Å². The standard InChI is InChI=1S/C16H22O/c1-2-15(17)11-6-10-14-9-5-8-13-7-3-4-12-16(13)14/h3-4,7,12,14H,2,5-6,8-11H2,1H3. The highest BCUT2D eigenvalue weighted by Crippen LogP contribution is 2.34. The molecule has 1 unspecified atom stereocenters. The van der Waals surface area contributed by atoms with Gasteiger partial charge in [-0.3, -0.25) is 4.79 Å². The van der Waals surface area contributed by atoms with Crippen LogP contribution in [-0.2, 0) is 11.2 Å². The van der Waals surface area contributed by atoms with Crippen LogP contribution in [0.25, 0.3) is 0 Å². The predicted molar refractivity (Wildman–Crippen MR) is 71.3 cm³/mol. The number of Topliss-reactive ketones (excluding diaryl/α,β-unsaturated/α-hetero) is 1. The molecule has 1 atom stereocenters. The van der Waals surface area contributed by atoms with Crippen molar-refractivity contribution in [2.45, 2.75) is 57.8 Å². The van der Waals surface area contributed by atoms with Gasteiger partial charge < -0.3 is 0 Å². The molecular formula is C16H22O. The maximum atomic E-state index is 11.3. The van der Waals surface area contributed by atoms with Gasteiger partial charge in [0.05, 0.1) is 0 Å². The van der Waals surface area contributed by atoms with E-state index in [-0.39, 0.29) is 0 Å². The summed E-state index contributed by atoms with van der Waals surface area (Å²) in [4.78, 5) is 11.3. The maximum Gasteiger partial charge on any atom is 0.132 e. The zero-order valence-corrected chi connectivity index (χ0v) is 10.7. The number of fused-ring (bicyclic) bond motifs is 1. The number of hydrogen-bond donors (Lipinski definition) is 0. The van der Waals surface area contributed by atoms with Crippen molar-refractivity contribution in [2.75, 3.05) is 0 Å². The Labute approximate surface area is 104 Å². The Morgan fingerprint density at radius 2 is 2.18 bits per heavy atom. The van der Waals surface area contributed by atoms with Crippen molar-refractivity contribution in [1.82, 2.24) is 0 Å². The lowest BCUT2D eigenvalue weighted by Crippen LogP contribution is -2.10. The van der Waals surface area contributed by atoms with Gasteiger partial charge in [0, 0.05) is 12.8 Å². The van der Waals surface area contributed by atoms with Crippen LogP contribution >= 0.6 is 0 Å². The van der Waals surface area contributed by atoms with Crippen molar-refractivity contribution in [1.29, 1.82) is 0 Å². The van der Waals surface area contributed by atoms with Gasteiger partial charge in [-0.15, -0.1) is 0 Å². The molecule has 1 aliphatic rings. The van der Waals surface area contributed by atoms with Crippen LogP contribution in [0.1, 0.15) is 62.5 Å². The third-order valence-corrected chi connectivity index (χ3v) is 3.90. The maximum absolute atomic E-state index is 11.3. The van der Waals surface area contributed by atoms with Crippen LogP contribution in [-0.4, -0.2) is 5.78 Å². The molecule has 1 aliphatic carbocycles. The molecule has 0 spiro atoms. The third-order valence-electron chi connectivity index (χ3n) is 3.90. The van der Waals surface area contributed by atoms with E-state index in [1.165, 1.54) is 31.2 Å². The lowest BCUT2D eigenvalue weighted by Gasteiger charge is -2.25. The van der Waals surface area contributed by atoms with Crippen molar-refractivity contribution in [3.05, 3.63) is 35.4 Å². The second-order valence-electron chi connectivity index (χ2n) is 5.07. The summed E-state index contributed by atoms with van der Waals surface area (Å²) in [7, 11) is 0. The Balaban J connectivity index is 1.92. The second kappa shape index (κ2) is 6.00. The molecule has 0 bridgehead atoms. The quantitative estimate of drug-likeness (QED) is 0.738. The molecule has 0 fully saturated rings. The van der Waals surface area contributed by atoms with Gasteiger partial charge in [-0.05, 0) is 49.1 Å². The van der Waals surface area contributed by atoms with E-state index >= 15 is 0 Å². The zero-order chi connectivity index (χ0) is 12.1. The number of carbonyl (C=O) groups is 1. The van der Waals surface area contributed by atoms with Crippen molar-refractivity contribution >= 4 is 5.78 Å². The number of rotatable bonds is 5. The molecule has 1 aromatic rings. The summed E-state index contributed by atoms with van der Waals surface area (Å²) >= 11 is 0. The highest BCUT2D eigenvalue weighted by atomic mass is 16.1. The minimum absolute atomic E-state index is 0.411. The number of carbonyl (C=O) groups excluding carboxylic acids is 1. The topological polar surface area (TPSA) is 17.1 Å². The molecule has 2 rings (SSSR count). The van der Waals surface area contributed by atoms with Crippen molar-refractivity contribution < 1.29 is 4.79 Å². The smallest absolute Gasteiger partial charge is 0.132 e. The van der Waals surface area contributed by atoms with Crippen LogP contribution in [0.3, 0.4) is 0 Å². The lowest BCUT2D eigenvalue weighted by atomic mass is 9.80. The third kappa shape index (κ3) is 3.18. The monoisotopic (exact) mass is 230 g/mol. The first-order chi connectivity index (χ1) is 8.31. The highest BCUT2D eigenvalue weighted by Gasteiger charge is 2.19. The van der Waals surface area contributed by atoms with Gasteiger partial charge in [0.1, 0.15) is 5.78 Å². The van der Waals surface area contributed by atoms with Crippen LogP contribution in [0.4, 0.5) is 0 Å². The molecule has 17 heavy (non-hydrogen) atoms. The molecule has 0 saturated carbocycles. The average Bonchev–Trinajstić information content (AvgIpc) is 2.39. The van der Waals surface area contributed by atoms with Crippen molar-refractivity contribution in [2.24, 2.45) is 0 Å². The fourth-order valence-corrected chi connectivity index (χ4v) is 2.88. The van der Waals surface area contributed by atoms with Gasteiger partial charge in [-0.1, -0.05) is 31.2 Å². The molecule has 0 heterocycles. The lowest BCUT2D eigenvalue weighted by molar-refractivity contribution is -0.118. The van der Waals surface area contributed by atoms with Gasteiger partial charge in [0.2, 0.25) is 0 Å². The summed E-state index contributed by atoms with van der Waals surface area (Å²) in [5.74, 6) is 1.11. The first kappa shape index (κ1) is 12.3. The summed E-state index contributed by atoms with van der Waals surface area (Å²) in [5, 5.41) is 0. The van der Waals surface area contributed by atoms with Gasteiger partial charge in [-0.25, -0.2) is 0 Å². The second-order valence-corrected chi connectivity index (χ2v) is 5.07. The Kier molecular flexibility index (Phi) is 4.36. The molecule has 1 nitrogen and oxygen atoms in total. The zero-order valence-electron chi connectivity index (χ0n) is 10.7. The minimum atomic E-state index is 0.411. The summed E-state index contributed by atoms with van der Waals surface area (Å²) in [6.07, 6.45) is 7.56. The fraction of sp³-hybridized carbons (Fsp3) is 0.562. The highest BCUT2D eigenvalue weighted by molar-refractivity contribution is 5.77. The Morgan fingerprint density at radius 1 is 1.35 bits per heavy atom. The number of benzene rings is 1. The number of aryl methyl sites for hydroxylation is 1. The first-order valence-corrected chi connectivity index (χ1v) is 6.90. The van der Waals surface area contributed by atoms with Gasteiger partial charge >= 0.3 is 0 Å². The normalized spacial score (nSPS) is 18.8. The molecule has 1 heteroatoms. The van der Waals surface area contributed by atoms with E-state index in [1.807, 2.05) is 6.92 Å². The van der Waals surface area contributed by atoms with Gasteiger partial charge in [-0.2, -0.15) is 0 Å². The Hall–Kier alpha value is -1.11. The molecule has 0 aromatic heterocycles. The van der Waals surface area contributed by atoms with E-state index in [1.54, 1.807) is 5.56 Å². The van der Waals surface area contributed by atoms with E-state index in [2.05, 4.69) is 24.3 Å². The fourth-order valence-electron chi connectivity index (χ4n) is 2.88. The van der Waals surface area contributed by atoms with Gasteiger partial charge in [0.25, 0.3) is 0 Å². The van der Waals surface area contributed by atoms with E-state index < -0.39 is 0 Å². The minimum Gasteiger partial charge on any atom is -0.300 e. The largest absolute Gasteiger partial charge is 0.300 e. The first-order valence-electron chi connectivity index (χ1n) is 6.90. The number of hydrogen-bond acceptors (Lipinski definition) is 1. The molecule has 92 valence electrons. The molecule has 0 saturated heterocycles. The molecule has 0 amide bonds. The summed E-state index contributed by atoms with van der Waals surface area (Å²) < 4.78 is 0. The van der Waals surface area contributed by atoms with E-state index in [0.717, 1.165) is 12.8 Å². The molecular weight excluding hydrogens is 208 g/mol. The molecule has 0 radical (unpaired) electrons. The molecule has 1 aromatic carbocycles. The molecule has 0 N–H and O–H groups in total. The average molecular weight is 230 g/mol. The summed E-state index contributed by atoms with van der Waals surface area (Å²) in [6, 6.07) is 8.83. The van der Waals surface area contributed by atoms with Crippen LogP contribution in [0.5, 0.6) is 0 Å². The van der Waals surface area contributed by atoms with Gasteiger partial charge in [0.15, 0.2) is 0 Å². The number of ketones is 1. The Morgan fingerprint density at radius 3 is 3.00 bits per heavy atom. The SMILES string of the molecule is CCC(=O)CCCC1CCCc2ccccc21. The molecule has 0 aliphatic heterocycles. The van der Waals surface area contributed by atoms with Crippen LogP contribution in [0.15, 0.2) is 24.3 Å². The Bertz CT molecular complexity index is 381. The van der Waals surface area contributed by atoms with Crippen LogP contribution in [0.2, 0.25) is 0 Å². The summed E-state index contributed by atoms with van der Waals surface area (Å²) in [5.41, 5.74) is 3.08. The van der Waals surface area contributed by atoms with E-state index in [0.29, 0.717) is 18.1 Å². The van der Waals surface area contributed by atoms with Crippen LogP contribution < -0.4 is 0 Å². The van der Waals surface area contributed by atoms with E-state index in [4.69, 9.17) is 0 Å². The van der Waals surface area contributed by atoms with E-state index in [9.17, 15) is 4.79 Å². The predicted octanol–water partition coefficient (Wildman–Crippen LogP) is 4.26.